The van der Waals surface area contributed by atoms with Crippen LogP contribution in [0.2, 0.25) is 0 Å². The van der Waals surface area contributed by atoms with Crippen molar-refractivity contribution in [1.29, 1.82) is 0 Å². The van der Waals surface area contributed by atoms with E-state index in [-0.39, 0.29) is 11.3 Å². The van der Waals surface area contributed by atoms with Gasteiger partial charge in [-0.2, -0.15) is 0 Å². The number of aliphatic hydroxyl groups excluding tert-OH is 1. The summed E-state index contributed by atoms with van der Waals surface area (Å²) < 4.78 is 0. The van der Waals surface area contributed by atoms with Crippen LogP contribution in [0.1, 0.15) is 24.5 Å². The van der Waals surface area contributed by atoms with Crippen LogP contribution in [0.4, 0.5) is 0 Å². The standard InChI is InChI=1S/C15H19N2O3/c1-2-3-8-16-9-13(19)10-4-6-12(18)15-11(10)5-7-14(20)17-15/h4-7,13,16,18-19H,1-3,8-9H2,(H,17,20)/t13-/m0/s1. The highest BCUT2D eigenvalue weighted by Gasteiger charge is 2.13. The normalized spacial score (nSPS) is 12.7. The third-order valence-electron chi connectivity index (χ3n) is 3.21. The van der Waals surface area contributed by atoms with E-state index in [9.17, 15) is 15.0 Å². The second-order valence-corrected chi connectivity index (χ2v) is 4.71. The quantitative estimate of drug-likeness (QED) is 0.601. The summed E-state index contributed by atoms with van der Waals surface area (Å²) in [5.41, 5.74) is 0.746. The molecule has 0 amide bonds. The fourth-order valence-electron chi connectivity index (χ4n) is 2.15. The first-order valence-corrected chi connectivity index (χ1v) is 6.66. The number of H-pyrrole nitrogens is 1. The molecule has 2 aromatic rings. The zero-order chi connectivity index (χ0) is 14.5. The molecule has 20 heavy (non-hydrogen) atoms. The lowest BCUT2D eigenvalue weighted by Gasteiger charge is -2.15. The second kappa shape index (κ2) is 6.54. The Morgan fingerprint density at radius 1 is 1.30 bits per heavy atom. The molecule has 1 aromatic heterocycles. The Bertz CT molecular complexity index is 637. The van der Waals surface area contributed by atoms with Crippen LogP contribution < -0.4 is 10.9 Å². The summed E-state index contributed by atoms with van der Waals surface area (Å²) in [7, 11) is 0. The van der Waals surface area contributed by atoms with Gasteiger partial charge in [-0.05, 0) is 30.7 Å². The van der Waals surface area contributed by atoms with Gasteiger partial charge in [0.1, 0.15) is 5.75 Å². The highest BCUT2D eigenvalue weighted by atomic mass is 16.3. The van der Waals surface area contributed by atoms with Crippen LogP contribution in [0.3, 0.4) is 0 Å². The SMILES string of the molecule is [CH2]CCCNC[C@H](O)c1ccc(O)c2[nH]c(=O)ccc12. The summed E-state index contributed by atoms with van der Waals surface area (Å²) >= 11 is 0. The zero-order valence-electron chi connectivity index (χ0n) is 11.2. The highest BCUT2D eigenvalue weighted by Crippen LogP contribution is 2.28. The lowest BCUT2D eigenvalue weighted by Crippen LogP contribution is -2.22. The minimum atomic E-state index is -0.700. The Balaban J connectivity index is 2.25. The molecule has 5 heteroatoms. The molecular weight excluding hydrogens is 256 g/mol. The number of pyridine rings is 1. The molecule has 5 nitrogen and oxygen atoms in total. The van der Waals surface area contributed by atoms with E-state index in [0.717, 1.165) is 19.4 Å². The first kappa shape index (κ1) is 14.6. The molecule has 1 atom stereocenters. The maximum Gasteiger partial charge on any atom is 0.248 e. The van der Waals surface area contributed by atoms with Crippen molar-refractivity contribution in [2.75, 3.05) is 13.1 Å². The molecule has 2 rings (SSSR count). The predicted octanol–water partition coefficient (Wildman–Crippen LogP) is 1.47. The van der Waals surface area contributed by atoms with Crippen LogP contribution in [-0.4, -0.2) is 28.3 Å². The average Bonchev–Trinajstić information content (AvgIpc) is 2.44. The number of fused-ring (bicyclic) bond motifs is 1. The van der Waals surface area contributed by atoms with E-state index < -0.39 is 6.10 Å². The van der Waals surface area contributed by atoms with Gasteiger partial charge in [0.2, 0.25) is 5.56 Å². The fourth-order valence-corrected chi connectivity index (χ4v) is 2.15. The number of aliphatic hydroxyl groups is 1. The highest BCUT2D eigenvalue weighted by molar-refractivity contribution is 5.87. The van der Waals surface area contributed by atoms with Gasteiger partial charge >= 0.3 is 0 Å². The average molecular weight is 275 g/mol. The number of nitrogens with one attached hydrogen (secondary N) is 2. The summed E-state index contributed by atoms with van der Waals surface area (Å²) in [5, 5.41) is 23.8. The van der Waals surface area contributed by atoms with Gasteiger partial charge in [-0.15, -0.1) is 0 Å². The van der Waals surface area contributed by atoms with Crippen LogP contribution in [-0.2, 0) is 0 Å². The molecular formula is C15H19N2O3. The van der Waals surface area contributed by atoms with Gasteiger partial charge in [0.05, 0.1) is 11.6 Å². The van der Waals surface area contributed by atoms with Gasteiger partial charge in [0.25, 0.3) is 0 Å². The molecule has 4 N–H and O–H groups in total. The molecule has 0 saturated heterocycles. The van der Waals surface area contributed by atoms with Gasteiger partial charge in [-0.3, -0.25) is 4.79 Å². The van der Waals surface area contributed by atoms with Crippen molar-refractivity contribution < 1.29 is 10.2 Å². The van der Waals surface area contributed by atoms with Crippen molar-refractivity contribution in [2.45, 2.75) is 18.9 Å². The summed E-state index contributed by atoms with van der Waals surface area (Å²) in [4.78, 5) is 13.9. The first-order chi connectivity index (χ1) is 9.63. The topological polar surface area (TPSA) is 85.3 Å². The number of aromatic nitrogens is 1. The summed E-state index contributed by atoms with van der Waals surface area (Å²) in [6, 6.07) is 6.15. The van der Waals surface area contributed by atoms with E-state index in [1.807, 2.05) is 0 Å². The third kappa shape index (κ3) is 3.18. The van der Waals surface area contributed by atoms with E-state index >= 15 is 0 Å². The van der Waals surface area contributed by atoms with Crippen molar-refractivity contribution >= 4 is 10.9 Å². The number of aromatic hydroxyl groups is 1. The number of hydrogen-bond donors (Lipinski definition) is 4. The monoisotopic (exact) mass is 275 g/mol. The van der Waals surface area contributed by atoms with Gasteiger partial charge in [-0.1, -0.05) is 19.4 Å². The zero-order valence-corrected chi connectivity index (χ0v) is 11.2. The molecule has 0 aliphatic heterocycles. The Labute approximate surface area is 117 Å². The van der Waals surface area contributed by atoms with Crippen molar-refractivity contribution in [1.82, 2.24) is 10.3 Å². The van der Waals surface area contributed by atoms with Crippen molar-refractivity contribution in [3.05, 3.63) is 47.1 Å². The number of aromatic amines is 1. The molecule has 1 heterocycles. The number of phenolic OH excluding ortho intramolecular Hbond substituents is 1. The predicted molar refractivity (Wildman–Crippen MR) is 78.7 cm³/mol. The number of hydrogen-bond acceptors (Lipinski definition) is 4. The second-order valence-electron chi connectivity index (χ2n) is 4.71. The molecule has 0 unspecified atom stereocenters. The largest absolute Gasteiger partial charge is 0.506 e. The molecule has 1 radical (unpaired) electrons. The van der Waals surface area contributed by atoms with Crippen LogP contribution in [0, 0.1) is 6.92 Å². The summed E-state index contributed by atoms with van der Waals surface area (Å²) in [6.07, 6.45) is 1.11. The van der Waals surface area contributed by atoms with E-state index in [0.29, 0.717) is 23.0 Å². The molecule has 107 valence electrons. The molecule has 0 bridgehead atoms. The minimum Gasteiger partial charge on any atom is -0.506 e. The van der Waals surface area contributed by atoms with E-state index in [1.165, 1.54) is 12.1 Å². The summed E-state index contributed by atoms with van der Waals surface area (Å²) in [5.74, 6) is -0.00123. The fraction of sp³-hybridized carbons (Fsp3) is 0.333. The van der Waals surface area contributed by atoms with E-state index in [2.05, 4.69) is 17.2 Å². The van der Waals surface area contributed by atoms with Crippen molar-refractivity contribution in [3.8, 4) is 5.75 Å². The maximum absolute atomic E-state index is 11.3. The molecule has 0 aliphatic carbocycles. The molecule has 1 aromatic carbocycles. The van der Waals surface area contributed by atoms with Gasteiger partial charge in [0, 0.05) is 18.0 Å². The number of phenols is 1. The third-order valence-corrected chi connectivity index (χ3v) is 3.21. The van der Waals surface area contributed by atoms with Crippen molar-refractivity contribution in [3.63, 3.8) is 0 Å². The number of benzene rings is 1. The van der Waals surface area contributed by atoms with Gasteiger partial charge in [-0.25, -0.2) is 0 Å². The van der Waals surface area contributed by atoms with Gasteiger partial charge in [0.15, 0.2) is 0 Å². The van der Waals surface area contributed by atoms with Crippen LogP contribution in [0.15, 0.2) is 29.1 Å². The van der Waals surface area contributed by atoms with Gasteiger partial charge < -0.3 is 20.5 Å². The van der Waals surface area contributed by atoms with Crippen LogP contribution in [0.25, 0.3) is 10.9 Å². The minimum absolute atomic E-state index is 0.00123. The molecule has 0 saturated carbocycles. The Morgan fingerprint density at radius 2 is 2.10 bits per heavy atom. The smallest absolute Gasteiger partial charge is 0.248 e. The Hall–Kier alpha value is -1.85. The number of unbranched alkanes of at least 4 members (excludes halogenated alkanes) is 1. The molecule has 0 aliphatic rings. The summed E-state index contributed by atoms with van der Waals surface area (Å²) in [6.45, 7) is 4.97. The Morgan fingerprint density at radius 3 is 2.85 bits per heavy atom. The lowest BCUT2D eigenvalue weighted by atomic mass is 10.0. The van der Waals surface area contributed by atoms with Crippen LogP contribution >= 0.6 is 0 Å². The maximum atomic E-state index is 11.3. The Kier molecular flexibility index (Phi) is 4.76. The number of rotatable bonds is 6. The van der Waals surface area contributed by atoms with E-state index in [4.69, 9.17) is 0 Å². The van der Waals surface area contributed by atoms with Crippen molar-refractivity contribution in [2.24, 2.45) is 0 Å². The molecule has 0 spiro atoms. The lowest BCUT2D eigenvalue weighted by molar-refractivity contribution is 0.176. The van der Waals surface area contributed by atoms with Crippen LogP contribution in [0.5, 0.6) is 5.75 Å². The molecule has 0 fully saturated rings. The first-order valence-electron chi connectivity index (χ1n) is 6.66. The van der Waals surface area contributed by atoms with E-state index in [1.54, 1.807) is 12.1 Å².